The SMILES string of the molecule is CNC(Cc1ccc(OC)c(Br)c1)CC1CCC1. The van der Waals surface area contributed by atoms with Gasteiger partial charge < -0.3 is 10.1 Å². The summed E-state index contributed by atoms with van der Waals surface area (Å²) in [7, 11) is 3.77. The van der Waals surface area contributed by atoms with E-state index in [9.17, 15) is 0 Å². The van der Waals surface area contributed by atoms with Crippen LogP contribution in [0, 0.1) is 5.92 Å². The highest BCUT2D eigenvalue weighted by Crippen LogP contribution is 2.31. The zero-order valence-electron chi connectivity index (χ0n) is 11.2. The van der Waals surface area contributed by atoms with Crippen LogP contribution in [-0.2, 0) is 6.42 Å². The molecule has 0 amide bonds. The summed E-state index contributed by atoms with van der Waals surface area (Å²) >= 11 is 3.55. The molecule has 2 nitrogen and oxygen atoms in total. The van der Waals surface area contributed by atoms with Crippen molar-refractivity contribution >= 4 is 15.9 Å². The predicted molar refractivity (Wildman–Crippen MR) is 79.2 cm³/mol. The number of rotatable bonds is 6. The van der Waals surface area contributed by atoms with Crippen molar-refractivity contribution < 1.29 is 4.74 Å². The minimum Gasteiger partial charge on any atom is -0.496 e. The van der Waals surface area contributed by atoms with E-state index >= 15 is 0 Å². The molecule has 0 heterocycles. The van der Waals surface area contributed by atoms with Crippen LogP contribution in [0.4, 0.5) is 0 Å². The molecular weight excluding hydrogens is 290 g/mol. The van der Waals surface area contributed by atoms with Crippen LogP contribution >= 0.6 is 15.9 Å². The first-order valence-corrected chi connectivity index (χ1v) is 7.52. The van der Waals surface area contributed by atoms with Gasteiger partial charge >= 0.3 is 0 Å². The molecule has 0 bridgehead atoms. The highest BCUT2D eigenvalue weighted by molar-refractivity contribution is 9.10. The van der Waals surface area contributed by atoms with Crippen molar-refractivity contribution in [3.8, 4) is 5.75 Å². The number of likely N-dealkylation sites (N-methyl/N-ethyl adjacent to an activating group) is 1. The lowest BCUT2D eigenvalue weighted by atomic mass is 9.80. The summed E-state index contributed by atoms with van der Waals surface area (Å²) in [4.78, 5) is 0. The first kappa shape index (κ1) is 13.9. The Morgan fingerprint density at radius 2 is 2.22 bits per heavy atom. The molecule has 1 N–H and O–H groups in total. The Balaban J connectivity index is 1.95. The molecule has 1 atom stereocenters. The molecule has 1 aliphatic rings. The molecule has 0 aromatic heterocycles. The summed E-state index contributed by atoms with van der Waals surface area (Å²) in [6, 6.07) is 6.96. The molecule has 1 aromatic carbocycles. The highest BCUT2D eigenvalue weighted by atomic mass is 79.9. The maximum absolute atomic E-state index is 5.26. The molecule has 0 aliphatic heterocycles. The Kier molecular flexibility index (Phi) is 5.07. The quantitative estimate of drug-likeness (QED) is 0.863. The Bertz CT molecular complexity index is 390. The van der Waals surface area contributed by atoms with Crippen LogP contribution in [-0.4, -0.2) is 20.2 Å². The molecule has 0 saturated heterocycles. The molecular formula is C15H22BrNO. The van der Waals surface area contributed by atoms with Gasteiger partial charge in [0.15, 0.2) is 0 Å². The van der Waals surface area contributed by atoms with E-state index in [1.54, 1.807) is 7.11 Å². The fraction of sp³-hybridized carbons (Fsp3) is 0.600. The van der Waals surface area contributed by atoms with Gasteiger partial charge in [-0.2, -0.15) is 0 Å². The highest BCUT2D eigenvalue weighted by Gasteiger charge is 2.21. The topological polar surface area (TPSA) is 21.3 Å². The molecule has 1 aromatic rings. The summed E-state index contributed by atoms with van der Waals surface area (Å²) in [5.41, 5.74) is 1.36. The molecule has 3 heteroatoms. The lowest BCUT2D eigenvalue weighted by Crippen LogP contribution is -2.31. The van der Waals surface area contributed by atoms with Crippen LogP contribution in [0.15, 0.2) is 22.7 Å². The summed E-state index contributed by atoms with van der Waals surface area (Å²) in [5.74, 6) is 1.85. The Morgan fingerprint density at radius 3 is 2.72 bits per heavy atom. The minimum absolute atomic E-state index is 0.593. The molecule has 18 heavy (non-hydrogen) atoms. The third-order valence-corrected chi connectivity index (χ3v) is 4.57. The zero-order chi connectivity index (χ0) is 13.0. The van der Waals surface area contributed by atoms with Crippen molar-refractivity contribution in [1.29, 1.82) is 0 Å². The van der Waals surface area contributed by atoms with Gasteiger partial charge in [0.2, 0.25) is 0 Å². The van der Waals surface area contributed by atoms with Gasteiger partial charge in [-0.05, 0) is 59.4 Å². The van der Waals surface area contributed by atoms with Gasteiger partial charge in [0.05, 0.1) is 11.6 Å². The van der Waals surface area contributed by atoms with E-state index in [0.717, 1.165) is 22.6 Å². The maximum Gasteiger partial charge on any atom is 0.133 e. The molecule has 100 valence electrons. The zero-order valence-corrected chi connectivity index (χ0v) is 12.8. The van der Waals surface area contributed by atoms with Crippen LogP contribution in [0.2, 0.25) is 0 Å². The van der Waals surface area contributed by atoms with Gasteiger partial charge in [-0.1, -0.05) is 25.3 Å². The number of ether oxygens (including phenoxy) is 1. The van der Waals surface area contributed by atoms with Crippen LogP contribution in [0.5, 0.6) is 5.75 Å². The predicted octanol–water partition coefficient (Wildman–Crippen LogP) is 3.78. The smallest absolute Gasteiger partial charge is 0.133 e. The van der Waals surface area contributed by atoms with Gasteiger partial charge in [-0.15, -0.1) is 0 Å². The molecule has 0 spiro atoms. The standard InChI is InChI=1S/C15H22BrNO/c1-17-13(8-11-4-3-5-11)9-12-6-7-15(18-2)14(16)10-12/h6-7,10-11,13,17H,3-5,8-9H2,1-2H3. The van der Waals surface area contributed by atoms with E-state index < -0.39 is 0 Å². The van der Waals surface area contributed by atoms with Crippen molar-refractivity contribution in [2.45, 2.75) is 38.1 Å². The molecule has 1 saturated carbocycles. The third-order valence-electron chi connectivity index (χ3n) is 3.95. The molecule has 2 rings (SSSR count). The molecule has 1 aliphatic carbocycles. The van der Waals surface area contributed by atoms with Crippen molar-refractivity contribution in [3.05, 3.63) is 28.2 Å². The van der Waals surface area contributed by atoms with Crippen molar-refractivity contribution in [3.63, 3.8) is 0 Å². The van der Waals surface area contributed by atoms with Gasteiger partial charge in [-0.3, -0.25) is 0 Å². The van der Waals surface area contributed by atoms with Crippen molar-refractivity contribution in [2.75, 3.05) is 14.2 Å². The van der Waals surface area contributed by atoms with E-state index in [0.29, 0.717) is 6.04 Å². The van der Waals surface area contributed by atoms with E-state index in [-0.39, 0.29) is 0 Å². The lowest BCUT2D eigenvalue weighted by Gasteiger charge is -2.29. The summed E-state index contributed by atoms with van der Waals surface area (Å²) in [6.07, 6.45) is 6.67. The number of halogens is 1. The second-order valence-electron chi connectivity index (χ2n) is 5.19. The first-order chi connectivity index (χ1) is 8.72. The van der Waals surface area contributed by atoms with E-state index in [1.165, 1.54) is 31.2 Å². The fourth-order valence-corrected chi connectivity index (χ4v) is 3.14. The Labute approximate surface area is 118 Å². The van der Waals surface area contributed by atoms with Crippen LogP contribution in [0.25, 0.3) is 0 Å². The number of nitrogens with one attached hydrogen (secondary N) is 1. The van der Waals surface area contributed by atoms with Crippen LogP contribution in [0.3, 0.4) is 0 Å². The number of benzene rings is 1. The van der Waals surface area contributed by atoms with Gasteiger partial charge in [0.25, 0.3) is 0 Å². The largest absolute Gasteiger partial charge is 0.496 e. The first-order valence-electron chi connectivity index (χ1n) is 6.72. The normalized spacial score (nSPS) is 17.3. The number of methoxy groups -OCH3 is 1. The average molecular weight is 312 g/mol. The van der Waals surface area contributed by atoms with Gasteiger partial charge in [0.1, 0.15) is 5.75 Å². The van der Waals surface area contributed by atoms with Crippen LogP contribution < -0.4 is 10.1 Å². The Hall–Kier alpha value is -0.540. The second kappa shape index (κ2) is 6.58. The number of hydrogen-bond donors (Lipinski definition) is 1. The van der Waals surface area contributed by atoms with Gasteiger partial charge in [-0.25, -0.2) is 0 Å². The molecule has 1 fully saturated rings. The van der Waals surface area contributed by atoms with Crippen molar-refractivity contribution in [1.82, 2.24) is 5.32 Å². The van der Waals surface area contributed by atoms with Crippen molar-refractivity contribution in [2.24, 2.45) is 5.92 Å². The van der Waals surface area contributed by atoms with Crippen LogP contribution in [0.1, 0.15) is 31.2 Å². The summed E-state index contributed by atoms with van der Waals surface area (Å²) < 4.78 is 6.30. The monoisotopic (exact) mass is 311 g/mol. The fourth-order valence-electron chi connectivity index (χ4n) is 2.56. The third kappa shape index (κ3) is 3.48. The number of hydrogen-bond acceptors (Lipinski definition) is 2. The van der Waals surface area contributed by atoms with E-state index in [4.69, 9.17) is 4.74 Å². The second-order valence-corrected chi connectivity index (χ2v) is 6.05. The summed E-state index contributed by atoms with van der Waals surface area (Å²) in [5, 5.41) is 3.45. The minimum atomic E-state index is 0.593. The lowest BCUT2D eigenvalue weighted by molar-refractivity contribution is 0.263. The van der Waals surface area contributed by atoms with E-state index in [1.807, 2.05) is 6.07 Å². The van der Waals surface area contributed by atoms with E-state index in [2.05, 4.69) is 40.4 Å². The molecule has 1 unspecified atom stereocenters. The maximum atomic E-state index is 5.26. The average Bonchev–Trinajstić information content (AvgIpc) is 2.32. The molecule has 0 radical (unpaired) electrons. The summed E-state index contributed by atoms with van der Waals surface area (Å²) in [6.45, 7) is 0. The van der Waals surface area contributed by atoms with Gasteiger partial charge in [0, 0.05) is 6.04 Å². The Morgan fingerprint density at radius 1 is 1.44 bits per heavy atom.